The molecule has 3 heterocycles. The Balaban J connectivity index is 1.65. The quantitative estimate of drug-likeness (QED) is 0.342. The fourth-order valence-electron chi connectivity index (χ4n) is 6.12. The molecule has 2 fully saturated rings. The number of aliphatic hydroxyl groups excluding tert-OH is 1. The van der Waals surface area contributed by atoms with Crippen LogP contribution >= 0.6 is 0 Å². The van der Waals surface area contributed by atoms with E-state index in [2.05, 4.69) is 5.32 Å². The van der Waals surface area contributed by atoms with Crippen LogP contribution in [0.2, 0.25) is 0 Å². The second-order valence-electron chi connectivity index (χ2n) is 11.4. The average molecular weight is 600 g/mol. The lowest BCUT2D eigenvalue weighted by molar-refractivity contribution is -0.145. The van der Waals surface area contributed by atoms with Crippen molar-refractivity contribution in [2.45, 2.75) is 44.6 Å². The minimum Gasteiger partial charge on any atom is -0.465 e. The van der Waals surface area contributed by atoms with E-state index in [1.165, 1.54) is 16.7 Å². The summed E-state index contributed by atoms with van der Waals surface area (Å²) in [5.74, 6) is -2.40. The molecule has 43 heavy (non-hydrogen) atoms. The third kappa shape index (κ3) is 6.86. The van der Waals surface area contributed by atoms with Crippen LogP contribution in [0.3, 0.4) is 0 Å². The molecule has 2 aliphatic heterocycles. The zero-order valence-corrected chi connectivity index (χ0v) is 23.9. The van der Waals surface area contributed by atoms with Crippen LogP contribution in [0.5, 0.6) is 0 Å². The number of piperidine rings is 1. The number of hydrogen-bond donors (Lipinski definition) is 3. The van der Waals surface area contributed by atoms with Gasteiger partial charge < -0.3 is 29.9 Å². The molecule has 4 unspecified atom stereocenters. The summed E-state index contributed by atoms with van der Waals surface area (Å²) in [5, 5.41) is 23.1. The van der Waals surface area contributed by atoms with Gasteiger partial charge in [-0.25, -0.2) is 22.9 Å². The lowest BCUT2D eigenvalue weighted by Gasteiger charge is -2.42. The van der Waals surface area contributed by atoms with Crippen molar-refractivity contribution in [3.63, 3.8) is 0 Å². The molecule has 0 radical (unpaired) electrons. The number of amides is 2. The number of hydrogen-bond acceptors (Lipinski definition) is 5. The molecule has 3 N–H and O–H groups in total. The van der Waals surface area contributed by atoms with Gasteiger partial charge in [0, 0.05) is 56.9 Å². The molecule has 2 amide bonds. The van der Waals surface area contributed by atoms with Gasteiger partial charge in [-0.15, -0.1) is 0 Å². The first-order valence-corrected chi connectivity index (χ1v) is 14.5. The fourth-order valence-corrected chi connectivity index (χ4v) is 6.12. The highest BCUT2D eigenvalue weighted by atomic mass is 19.1. The standard InChI is InChI=1S/C31H36F3N5O4/c1-19(40)30(41)39(17-22-14-35-15-26(22)34)28(21-9-11-37(12-10-21)31(42)43)29-36-27(24-13-23(32)7-8-25(24)33)18-38(29)16-20-5-3-2-4-6-20/h2-8,13,18-19,21-22,26,28,35,40H,9-12,14-17H2,1H3,(H,42,43). The van der Waals surface area contributed by atoms with Gasteiger partial charge in [-0.3, -0.25) is 4.79 Å². The molecule has 12 heteroatoms. The van der Waals surface area contributed by atoms with Crippen molar-refractivity contribution in [3.8, 4) is 11.3 Å². The Morgan fingerprint density at radius 3 is 2.47 bits per heavy atom. The topological polar surface area (TPSA) is 111 Å². The number of carbonyl (C=O) groups excluding carboxylic acids is 1. The maximum Gasteiger partial charge on any atom is 0.407 e. The number of benzene rings is 2. The van der Waals surface area contributed by atoms with Crippen LogP contribution in [0.1, 0.15) is 37.2 Å². The number of carbonyl (C=O) groups is 2. The number of aromatic nitrogens is 2. The van der Waals surface area contributed by atoms with E-state index >= 15 is 0 Å². The summed E-state index contributed by atoms with van der Waals surface area (Å²) in [6.07, 6.45) is -1.28. The van der Waals surface area contributed by atoms with Gasteiger partial charge in [-0.2, -0.15) is 0 Å². The highest BCUT2D eigenvalue weighted by Crippen LogP contribution is 2.38. The van der Waals surface area contributed by atoms with Gasteiger partial charge in [0.05, 0.1) is 11.7 Å². The lowest BCUT2D eigenvalue weighted by atomic mass is 9.86. The molecule has 2 aliphatic rings. The zero-order valence-electron chi connectivity index (χ0n) is 23.9. The molecule has 0 saturated carbocycles. The average Bonchev–Trinajstić information content (AvgIpc) is 3.59. The molecule has 2 saturated heterocycles. The maximum atomic E-state index is 15.0. The second kappa shape index (κ2) is 13.2. The SMILES string of the molecule is CC(O)C(=O)N(CC1CNCC1F)C(c1nc(-c2cc(F)ccc2F)cn1Cc1ccccc1)C1CCN(C(=O)O)CC1. The minimum absolute atomic E-state index is 0.0103. The maximum absolute atomic E-state index is 15.0. The molecular weight excluding hydrogens is 563 g/mol. The summed E-state index contributed by atoms with van der Waals surface area (Å²) in [7, 11) is 0. The molecule has 0 aliphatic carbocycles. The van der Waals surface area contributed by atoms with Crippen LogP contribution in [0.4, 0.5) is 18.0 Å². The number of nitrogens with zero attached hydrogens (tertiary/aromatic N) is 4. The van der Waals surface area contributed by atoms with E-state index in [0.29, 0.717) is 25.2 Å². The Labute approximate surface area is 247 Å². The van der Waals surface area contributed by atoms with E-state index in [4.69, 9.17) is 4.98 Å². The predicted molar refractivity (Wildman–Crippen MR) is 153 cm³/mol. The van der Waals surface area contributed by atoms with Gasteiger partial charge in [0.25, 0.3) is 5.91 Å². The molecule has 5 rings (SSSR count). The Bertz CT molecular complexity index is 1430. The third-order valence-corrected chi connectivity index (χ3v) is 8.39. The largest absolute Gasteiger partial charge is 0.465 e. The van der Waals surface area contributed by atoms with Gasteiger partial charge in [0.1, 0.15) is 29.7 Å². The Kier molecular flexibility index (Phi) is 9.36. The fraction of sp³-hybridized carbons (Fsp3) is 0.452. The summed E-state index contributed by atoms with van der Waals surface area (Å²) in [6.45, 7) is 2.55. The van der Waals surface area contributed by atoms with Gasteiger partial charge in [-0.1, -0.05) is 30.3 Å². The number of alkyl halides is 1. The van der Waals surface area contributed by atoms with Crippen molar-refractivity contribution >= 4 is 12.0 Å². The predicted octanol–water partition coefficient (Wildman–Crippen LogP) is 4.07. The van der Waals surface area contributed by atoms with Crippen molar-refractivity contribution < 1.29 is 33.0 Å². The van der Waals surface area contributed by atoms with E-state index < -0.39 is 47.9 Å². The van der Waals surface area contributed by atoms with Crippen molar-refractivity contribution in [2.75, 3.05) is 32.7 Å². The lowest BCUT2D eigenvalue weighted by Crippen LogP contribution is -2.49. The van der Waals surface area contributed by atoms with Gasteiger partial charge in [0.2, 0.25) is 0 Å². The van der Waals surface area contributed by atoms with Crippen molar-refractivity contribution in [3.05, 3.63) is 77.8 Å². The molecule has 0 spiro atoms. The highest BCUT2D eigenvalue weighted by molar-refractivity contribution is 5.80. The first-order valence-electron chi connectivity index (χ1n) is 14.5. The summed E-state index contributed by atoms with van der Waals surface area (Å²) < 4.78 is 45.9. The number of imidazole rings is 1. The molecule has 4 atom stereocenters. The van der Waals surface area contributed by atoms with Crippen molar-refractivity contribution in [2.24, 2.45) is 11.8 Å². The molecular formula is C31H36F3N5O4. The number of rotatable bonds is 9. The van der Waals surface area contributed by atoms with E-state index in [-0.39, 0.29) is 49.9 Å². The summed E-state index contributed by atoms with van der Waals surface area (Å²) >= 11 is 0. The molecule has 230 valence electrons. The van der Waals surface area contributed by atoms with Crippen molar-refractivity contribution in [1.29, 1.82) is 0 Å². The first kappa shape index (κ1) is 30.6. The van der Waals surface area contributed by atoms with Crippen LogP contribution < -0.4 is 5.32 Å². The van der Waals surface area contributed by atoms with Crippen LogP contribution in [-0.2, 0) is 11.3 Å². The number of aliphatic hydroxyl groups is 1. The van der Waals surface area contributed by atoms with Crippen molar-refractivity contribution in [1.82, 2.24) is 24.7 Å². The Morgan fingerprint density at radius 2 is 1.84 bits per heavy atom. The molecule has 9 nitrogen and oxygen atoms in total. The van der Waals surface area contributed by atoms with Crippen LogP contribution in [0, 0.1) is 23.5 Å². The van der Waals surface area contributed by atoms with E-state index in [9.17, 15) is 33.0 Å². The second-order valence-corrected chi connectivity index (χ2v) is 11.4. The van der Waals surface area contributed by atoms with E-state index in [1.807, 2.05) is 30.3 Å². The Hall–Kier alpha value is -3.90. The molecule has 2 aromatic carbocycles. The molecule has 3 aromatic rings. The Morgan fingerprint density at radius 1 is 1.12 bits per heavy atom. The monoisotopic (exact) mass is 599 g/mol. The molecule has 0 bridgehead atoms. The highest BCUT2D eigenvalue weighted by Gasteiger charge is 2.41. The van der Waals surface area contributed by atoms with Crippen LogP contribution in [0.15, 0.2) is 54.7 Å². The normalized spacial score (nSPS) is 20.6. The van der Waals surface area contributed by atoms with Gasteiger partial charge in [-0.05, 0) is 49.4 Å². The zero-order chi connectivity index (χ0) is 30.7. The minimum atomic E-state index is -1.40. The first-order chi connectivity index (χ1) is 20.6. The smallest absolute Gasteiger partial charge is 0.407 e. The number of likely N-dealkylation sites (tertiary alicyclic amines) is 1. The van der Waals surface area contributed by atoms with E-state index in [1.54, 1.807) is 10.8 Å². The third-order valence-electron chi connectivity index (χ3n) is 8.39. The van der Waals surface area contributed by atoms with Gasteiger partial charge >= 0.3 is 6.09 Å². The summed E-state index contributed by atoms with van der Waals surface area (Å²) in [6, 6.07) is 11.7. The van der Waals surface area contributed by atoms with Crippen LogP contribution in [0.25, 0.3) is 11.3 Å². The van der Waals surface area contributed by atoms with Crippen LogP contribution in [-0.4, -0.2) is 86.6 Å². The number of halogens is 3. The number of carboxylic acid groups (broad SMARTS) is 1. The summed E-state index contributed by atoms with van der Waals surface area (Å²) in [5.41, 5.74) is 1.00. The van der Waals surface area contributed by atoms with E-state index in [0.717, 1.165) is 23.8 Å². The summed E-state index contributed by atoms with van der Waals surface area (Å²) in [4.78, 5) is 32.9. The number of nitrogens with one attached hydrogen (secondary N) is 1. The van der Waals surface area contributed by atoms with Gasteiger partial charge in [0.15, 0.2) is 0 Å². The molecule has 1 aromatic heterocycles.